The van der Waals surface area contributed by atoms with Crippen LogP contribution < -0.4 is 0 Å². The van der Waals surface area contributed by atoms with E-state index in [9.17, 15) is 0 Å². The SMILES string of the molecule is C1CC2C(C1)C1C3CC2C31. The molecule has 6 unspecified atom stereocenters. The molecule has 4 aliphatic carbocycles. The molecule has 0 radical (unpaired) electrons. The lowest BCUT2D eigenvalue weighted by Gasteiger charge is -2.33. The molecule has 4 rings (SSSR count). The summed E-state index contributed by atoms with van der Waals surface area (Å²) in [7, 11) is 0. The van der Waals surface area contributed by atoms with Gasteiger partial charge in [-0.25, -0.2) is 0 Å². The smallest absolute Gasteiger partial charge is 0.0318 e. The first-order valence-corrected chi connectivity index (χ1v) is 4.97. The summed E-state index contributed by atoms with van der Waals surface area (Å²) in [5.74, 6) is 7.56. The minimum atomic E-state index is 1.24. The lowest BCUT2D eigenvalue weighted by Crippen LogP contribution is -2.26. The molecule has 0 heteroatoms. The van der Waals surface area contributed by atoms with Gasteiger partial charge in [0.05, 0.1) is 0 Å². The first-order valence-electron chi connectivity index (χ1n) is 4.97. The van der Waals surface area contributed by atoms with Gasteiger partial charge in [-0.2, -0.15) is 0 Å². The molecule has 0 aromatic heterocycles. The number of rotatable bonds is 0. The summed E-state index contributed by atoms with van der Waals surface area (Å²) in [6.07, 6.45) is 6.44. The standard InChI is InChI=1S/C10H14/c1-2-5-6(3-1)9-8-4-7(5)10(8)9/h5-10H,1-4H2. The van der Waals surface area contributed by atoms with Gasteiger partial charge in [0.25, 0.3) is 0 Å². The zero-order valence-corrected chi connectivity index (χ0v) is 6.29. The van der Waals surface area contributed by atoms with Crippen molar-refractivity contribution in [1.29, 1.82) is 0 Å². The molecule has 0 aliphatic heterocycles. The van der Waals surface area contributed by atoms with Gasteiger partial charge < -0.3 is 0 Å². The molecule has 0 heterocycles. The van der Waals surface area contributed by atoms with Gasteiger partial charge in [0.15, 0.2) is 0 Å². The third-order valence-electron chi connectivity index (χ3n) is 5.00. The predicted octanol–water partition coefficient (Wildman–Crippen LogP) is 2.30. The van der Waals surface area contributed by atoms with Crippen LogP contribution in [0.15, 0.2) is 0 Å². The zero-order chi connectivity index (χ0) is 6.29. The molecule has 0 nitrogen and oxygen atoms in total. The van der Waals surface area contributed by atoms with Crippen LogP contribution >= 0.6 is 0 Å². The molecule has 0 N–H and O–H groups in total. The fraction of sp³-hybridized carbons (Fsp3) is 1.00. The Labute approximate surface area is 62.0 Å². The van der Waals surface area contributed by atoms with E-state index >= 15 is 0 Å². The van der Waals surface area contributed by atoms with Crippen LogP contribution in [0, 0.1) is 35.5 Å². The first kappa shape index (κ1) is 4.79. The van der Waals surface area contributed by atoms with Crippen LogP contribution in [0.4, 0.5) is 0 Å². The zero-order valence-electron chi connectivity index (χ0n) is 6.29. The van der Waals surface area contributed by atoms with E-state index in [0.29, 0.717) is 0 Å². The highest BCUT2D eigenvalue weighted by Gasteiger charge is 2.73. The molecular formula is C10H14. The van der Waals surface area contributed by atoms with Crippen molar-refractivity contribution in [1.82, 2.24) is 0 Å². The van der Waals surface area contributed by atoms with E-state index in [1.165, 1.54) is 35.5 Å². The average Bonchev–Trinajstić information content (AvgIpc) is 2.25. The second kappa shape index (κ2) is 1.19. The van der Waals surface area contributed by atoms with E-state index in [2.05, 4.69) is 0 Å². The molecule has 0 bridgehead atoms. The fourth-order valence-corrected chi connectivity index (χ4v) is 4.71. The van der Waals surface area contributed by atoms with Gasteiger partial charge in [0, 0.05) is 0 Å². The highest BCUT2D eigenvalue weighted by atomic mass is 14.8. The van der Waals surface area contributed by atoms with Gasteiger partial charge >= 0.3 is 0 Å². The third-order valence-corrected chi connectivity index (χ3v) is 5.00. The Morgan fingerprint density at radius 2 is 1.50 bits per heavy atom. The highest BCUT2D eigenvalue weighted by Crippen LogP contribution is 2.79. The molecule has 4 fully saturated rings. The molecule has 0 spiro atoms. The predicted molar refractivity (Wildman–Crippen MR) is 39.4 cm³/mol. The van der Waals surface area contributed by atoms with Crippen LogP contribution in [0.5, 0.6) is 0 Å². The van der Waals surface area contributed by atoms with Gasteiger partial charge in [-0.05, 0) is 54.8 Å². The maximum absolute atomic E-state index is 1.65. The van der Waals surface area contributed by atoms with Crippen molar-refractivity contribution >= 4 is 0 Å². The number of hydrogen-bond acceptors (Lipinski definition) is 0. The van der Waals surface area contributed by atoms with Gasteiger partial charge in [-0.1, -0.05) is 6.42 Å². The molecule has 4 saturated carbocycles. The van der Waals surface area contributed by atoms with Crippen molar-refractivity contribution in [2.75, 3.05) is 0 Å². The normalized spacial score (nSPS) is 74.4. The van der Waals surface area contributed by atoms with Crippen molar-refractivity contribution < 1.29 is 0 Å². The third kappa shape index (κ3) is 0.302. The van der Waals surface area contributed by atoms with Crippen LogP contribution in [0.1, 0.15) is 25.7 Å². The van der Waals surface area contributed by atoms with Crippen LogP contribution in [0.3, 0.4) is 0 Å². The largest absolute Gasteiger partial charge is 0.0527 e. The van der Waals surface area contributed by atoms with Crippen LogP contribution in [0.25, 0.3) is 0 Å². The second-order valence-electron chi connectivity index (χ2n) is 4.98. The molecule has 0 saturated heterocycles. The average molecular weight is 134 g/mol. The molecule has 4 aliphatic rings. The van der Waals surface area contributed by atoms with Crippen molar-refractivity contribution in [2.45, 2.75) is 25.7 Å². The van der Waals surface area contributed by atoms with Gasteiger partial charge in [-0.3, -0.25) is 0 Å². The lowest BCUT2D eigenvalue weighted by atomic mass is 9.72. The quantitative estimate of drug-likeness (QED) is 0.477. The topological polar surface area (TPSA) is 0 Å². The Hall–Kier alpha value is 0. The molecule has 10 heavy (non-hydrogen) atoms. The van der Waals surface area contributed by atoms with Crippen LogP contribution in [-0.2, 0) is 0 Å². The van der Waals surface area contributed by atoms with E-state index < -0.39 is 0 Å². The van der Waals surface area contributed by atoms with Crippen molar-refractivity contribution in [3.8, 4) is 0 Å². The summed E-state index contributed by atoms with van der Waals surface area (Å²) < 4.78 is 0. The summed E-state index contributed by atoms with van der Waals surface area (Å²) in [5.41, 5.74) is 0. The highest BCUT2D eigenvalue weighted by molar-refractivity contribution is 5.21. The maximum Gasteiger partial charge on any atom is -0.0318 e. The van der Waals surface area contributed by atoms with Gasteiger partial charge in [0.2, 0.25) is 0 Å². The molecular weight excluding hydrogens is 120 g/mol. The monoisotopic (exact) mass is 134 g/mol. The summed E-state index contributed by atoms with van der Waals surface area (Å²) in [6.45, 7) is 0. The maximum atomic E-state index is 1.65. The summed E-state index contributed by atoms with van der Waals surface area (Å²) in [5, 5.41) is 0. The van der Waals surface area contributed by atoms with E-state index in [-0.39, 0.29) is 0 Å². The minimum Gasteiger partial charge on any atom is -0.0527 e. The van der Waals surface area contributed by atoms with Crippen LogP contribution in [-0.4, -0.2) is 0 Å². The minimum absolute atomic E-state index is 1.24. The summed E-state index contributed by atoms with van der Waals surface area (Å²) in [6, 6.07) is 0. The Bertz CT molecular complexity index is 184. The fourth-order valence-electron chi connectivity index (χ4n) is 4.71. The Balaban J connectivity index is 1.81. The molecule has 6 atom stereocenters. The Morgan fingerprint density at radius 1 is 0.700 bits per heavy atom. The van der Waals surface area contributed by atoms with E-state index in [1.807, 2.05) is 0 Å². The molecule has 0 amide bonds. The van der Waals surface area contributed by atoms with Crippen molar-refractivity contribution in [3.63, 3.8) is 0 Å². The van der Waals surface area contributed by atoms with Crippen LogP contribution in [0.2, 0.25) is 0 Å². The number of fused-ring (bicyclic) bond motifs is 4. The van der Waals surface area contributed by atoms with E-state index in [4.69, 9.17) is 0 Å². The summed E-state index contributed by atoms with van der Waals surface area (Å²) >= 11 is 0. The van der Waals surface area contributed by atoms with E-state index in [0.717, 1.165) is 0 Å². The Morgan fingerprint density at radius 3 is 2.40 bits per heavy atom. The van der Waals surface area contributed by atoms with Gasteiger partial charge in [0.1, 0.15) is 0 Å². The number of hydrogen-bond donors (Lipinski definition) is 0. The molecule has 0 aromatic rings. The molecule has 0 aromatic carbocycles. The summed E-state index contributed by atoms with van der Waals surface area (Å²) in [4.78, 5) is 0. The lowest BCUT2D eigenvalue weighted by molar-refractivity contribution is 0.156. The van der Waals surface area contributed by atoms with Crippen molar-refractivity contribution in [2.24, 2.45) is 35.5 Å². The first-order chi connectivity index (χ1) is 4.97. The Kier molecular flexibility index (Phi) is 0.570. The van der Waals surface area contributed by atoms with Gasteiger partial charge in [-0.15, -0.1) is 0 Å². The van der Waals surface area contributed by atoms with Crippen molar-refractivity contribution in [3.05, 3.63) is 0 Å². The van der Waals surface area contributed by atoms with E-state index in [1.54, 1.807) is 25.7 Å². The second-order valence-corrected chi connectivity index (χ2v) is 4.98. The molecule has 54 valence electrons.